The molecule has 2 aromatic carbocycles. The Bertz CT molecular complexity index is 988. The number of likely N-dealkylation sites (N-methyl/N-ethyl adjacent to an activating group) is 1. The van der Waals surface area contributed by atoms with E-state index in [0.717, 1.165) is 22.2 Å². The van der Waals surface area contributed by atoms with Gasteiger partial charge in [-0.25, -0.2) is 0 Å². The minimum absolute atomic E-state index is 0.0197. The summed E-state index contributed by atoms with van der Waals surface area (Å²) in [5, 5.41) is 3.93. The highest BCUT2D eigenvalue weighted by molar-refractivity contribution is 6.06. The molecule has 27 heavy (non-hydrogen) atoms. The predicted molar refractivity (Wildman–Crippen MR) is 106 cm³/mol. The van der Waals surface area contributed by atoms with E-state index in [0.29, 0.717) is 17.0 Å². The molecule has 6 heteroatoms. The van der Waals surface area contributed by atoms with E-state index in [4.69, 9.17) is 4.74 Å². The average molecular weight is 365 g/mol. The third-order valence-corrected chi connectivity index (χ3v) is 4.54. The molecule has 6 nitrogen and oxygen atoms in total. The predicted octanol–water partition coefficient (Wildman–Crippen LogP) is 3.50. The fourth-order valence-electron chi connectivity index (χ4n) is 2.71. The molecule has 0 fully saturated rings. The maximum Gasteiger partial charge on any atom is 0.259 e. The number of aromatic nitrogens is 1. The van der Waals surface area contributed by atoms with Crippen LogP contribution < -0.4 is 10.1 Å². The first-order valence-corrected chi connectivity index (χ1v) is 8.68. The quantitative estimate of drug-likeness (QED) is 0.727. The topological polar surface area (TPSA) is 74.4 Å². The lowest BCUT2D eigenvalue weighted by atomic mass is 10.1. The Hall–Kier alpha value is -3.28. The molecule has 0 bridgehead atoms. The van der Waals surface area contributed by atoms with E-state index in [-0.39, 0.29) is 18.4 Å². The number of aryl methyl sites for hydroxylation is 2. The fourth-order valence-corrected chi connectivity index (χ4v) is 2.71. The number of carbonyl (C=O) groups excluding carboxylic acids is 2. The van der Waals surface area contributed by atoms with Gasteiger partial charge in [-0.05, 0) is 61.9 Å². The molecule has 1 aromatic heterocycles. The van der Waals surface area contributed by atoms with Crippen LogP contribution in [0, 0.1) is 13.8 Å². The van der Waals surface area contributed by atoms with Crippen molar-refractivity contribution in [3.63, 3.8) is 0 Å². The van der Waals surface area contributed by atoms with Gasteiger partial charge >= 0.3 is 0 Å². The standard InChI is InChI=1S/C21H23N3O3/c1-13-14(2)22-19-10-5-15(11-18(13)19)21(26)23-16-6-8-17(9-7-16)27-12-20(25)24(3)4/h5-11,22H,12H2,1-4H3,(H,23,26). The number of hydrogen-bond donors (Lipinski definition) is 2. The van der Waals surface area contributed by atoms with Gasteiger partial charge < -0.3 is 19.9 Å². The van der Waals surface area contributed by atoms with Gasteiger partial charge in [-0.1, -0.05) is 0 Å². The second-order valence-corrected chi connectivity index (χ2v) is 6.69. The van der Waals surface area contributed by atoms with E-state index in [1.165, 1.54) is 4.90 Å². The zero-order valence-corrected chi connectivity index (χ0v) is 15.9. The molecule has 0 aliphatic carbocycles. The lowest BCUT2D eigenvalue weighted by Gasteiger charge is -2.12. The number of benzene rings is 2. The van der Waals surface area contributed by atoms with Crippen LogP contribution in [-0.2, 0) is 4.79 Å². The number of aromatic amines is 1. The third kappa shape index (κ3) is 4.11. The summed E-state index contributed by atoms with van der Waals surface area (Å²) in [6.45, 7) is 4.04. The lowest BCUT2D eigenvalue weighted by Crippen LogP contribution is -2.27. The highest BCUT2D eigenvalue weighted by atomic mass is 16.5. The first kappa shape index (κ1) is 18.5. The molecule has 0 aliphatic rings. The molecular formula is C21H23N3O3. The largest absolute Gasteiger partial charge is 0.484 e. The molecular weight excluding hydrogens is 342 g/mol. The van der Waals surface area contributed by atoms with Gasteiger partial charge in [0, 0.05) is 41.9 Å². The van der Waals surface area contributed by atoms with Crippen molar-refractivity contribution in [1.29, 1.82) is 0 Å². The normalized spacial score (nSPS) is 10.7. The zero-order chi connectivity index (χ0) is 19.6. The first-order chi connectivity index (χ1) is 12.8. The summed E-state index contributed by atoms with van der Waals surface area (Å²) in [5.74, 6) is 0.285. The zero-order valence-electron chi connectivity index (χ0n) is 15.9. The minimum Gasteiger partial charge on any atom is -0.484 e. The molecule has 0 atom stereocenters. The van der Waals surface area contributed by atoms with E-state index in [2.05, 4.69) is 10.3 Å². The van der Waals surface area contributed by atoms with Crippen LogP contribution in [0.2, 0.25) is 0 Å². The van der Waals surface area contributed by atoms with Crippen molar-refractivity contribution < 1.29 is 14.3 Å². The number of hydrogen-bond acceptors (Lipinski definition) is 3. The van der Waals surface area contributed by atoms with Gasteiger partial charge in [0.25, 0.3) is 11.8 Å². The Labute approximate surface area is 158 Å². The summed E-state index contributed by atoms with van der Waals surface area (Å²) < 4.78 is 5.43. The Morgan fingerprint density at radius 2 is 1.78 bits per heavy atom. The second kappa shape index (κ2) is 7.53. The maximum absolute atomic E-state index is 12.5. The van der Waals surface area contributed by atoms with Gasteiger partial charge in [-0.15, -0.1) is 0 Å². The highest BCUT2D eigenvalue weighted by Gasteiger charge is 2.11. The number of anilines is 1. The first-order valence-electron chi connectivity index (χ1n) is 8.68. The second-order valence-electron chi connectivity index (χ2n) is 6.69. The van der Waals surface area contributed by atoms with Crippen LogP contribution in [0.4, 0.5) is 5.69 Å². The molecule has 0 saturated carbocycles. The summed E-state index contributed by atoms with van der Waals surface area (Å²) in [5.41, 5.74) is 4.53. The van der Waals surface area contributed by atoms with Gasteiger partial charge in [-0.2, -0.15) is 0 Å². The third-order valence-electron chi connectivity index (χ3n) is 4.54. The molecule has 0 saturated heterocycles. The monoisotopic (exact) mass is 365 g/mol. The Morgan fingerprint density at radius 1 is 1.07 bits per heavy atom. The Balaban J connectivity index is 1.67. The van der Waals surface area contributed by atoms with Crippen molar-refractivity contribution >= 4 is 28.4 Å². The van der Waals surface area contributed by atoms with Crippen molar-refractivity contribution in [3.8, 4) is 5.75 Å². The van der Waals surface area contributed by atoms with Crippen molar-refractivity contribution in [2.24, 2.45) is 0 Å². The molecule has 3 rings (SSSR count). The molecule has 140 valence electrons. The number of amides is 2. The van der Waals surface area contributed by atoms with Crippen LogP contribution in [0.1, 0.15) is 21.6 Å². The van der Waals surface area contributed by atoms with Crippen molar-refractivity contribution in [3.05, 3.63) is 59.3 Å². The number of H-pyrrole nitrogens is 1. The number of ether oxygens (including phenoxy) is 1. The van der Waals surface area contributed by atoms with Crippen molar-refractivity contribution in [1.82, 2.24) is 9.88 Å². The van der Waals surface area contributed by atoms with Crippen molar-refractivity contribution in [2.75, 3.05) is 26.0 Å². The number of nitrogens with one attached hydrogen (secondary N) is 2. The molecule has 2 amide bonds. The van der Waals surface area contributed by atoms with Gasteiger partial charge in [0.15, 0.2) is 6.61 Å². The van der Waals surface area contributed by atoms with Crippen LogP contribution in [0.15, 0.2) is 42.5 Å². The van der Waals surface area contributed by atoms with Crippen LogP contribution in [0.25, 0.3) is 10.9 Å². The smallest absolute Gasteiger partial charge is 0.259 e. The van der Waals surface area contributed by atoms with Crippen molar-refractivity contribution in [2.45, 2.75) is 13.8 Å². The van der Waals surface area contributed by atoms with E-state index >= 15 is 0 Å². The molecule has 1 heterocycles. The van der Waals surface area contributed by atoms with Gasteiger partial charge in [0.05, 0.1) is 0 Å². The van der Waals surface area contributed by atoms with E-state index in [1.807, 2.05) is 26.0 Å². The molecule has 0 aliphatic heterocycles. The summed E-state index contributed by atoms with van der Waals surface area (Å²) in [6.07, 6.45) is 0. The SMILES string of the molecule is Cc1[nH]c2ccc(C(=O)Nc3ccc(OCC(=O)N(C)C)cc3)cc2c1C. The summed E-state index contributed by atoms with van der Waals surface area (Å²) in [6, 6.07) is 12.6. The summed E-state index contributed by atoms with van der Waals surface area (Å²) in [4.78, 5) is 28.9. The maximum atomic E-state index is 12.5. The fraction of sp³-hybridized carbons (Fsp3) is 0.238. The molecule has 0 unspecified atom stereocenters. The van der Waals surface area contributed by atoms with E-state index in [9.17, 15) is 9.59 Å². The Kier molecular flexibility index (Phi) is 5.16. The molecule has 2 N–H and O–H groups in total. The van der Waals surface area contributed by atoms with E-state index in [1.54, 1.807) is 44.4 Å². The lowest BCUT2D eigenvalue weighted by molar-refractivity contribution is -0.130. The average Bonchev–Trinajstić information content (AvgIpc) is 2.94. The molecule has 0 radical (unpaired) electrons. The number of fused-ring (bicyclic) bond motifs is 1. The Morgan fingerprint density at radius 3 is 2.44 bits per heavy atom. The van der Waals surface area contributed by atoms with Gasteiger partial charge in [0.1, 0.15) is 5.75 Å². The van der Waals surface area contributed by atoms with Crippen LogP contribution in [0.3, 0.4) is 0 Å². The van der Waals surface area contributed by atoms with Gasteiger partial charge in [-0.3, -0.25) is 9.59 Å². The molecule has 3 aromatic rings. The molecule has 0 spiro atoms. The number of rotatable bonds is 5. The van der Waals surface area contributed by atoms with Crippen LogP contribution >= 0.6 is 0 Å². The number of carbonyl (C=O) groups is 2. The van der Waals surface area contributed by atoms with Crippen LogP contribution in [-0.4, -0.2) is 42.4 Å². The van der Waals surface area contributed by atoms with Gasteiger partial charge in [0.2, 0.25) is 0 Å². The van der Waals surface area contributed by atoms with Crippen LogP contribution in [0.5, 0.6) is 5.75 Å². The number of nitrogens with zero attached hydrogens (tertiary/aromatic N) is 1. The summed E-state index contributed by atoms with van der Waals surface area (Å²) >= 11 is 0. The highest BCUT2D eigenvalue weighted by Crippen LogP contribution is 2.23. The van der Waals surface area contributed by atoms with E-state index < -0.39 is 0 Å². The summed E-state index contributed by atoms with van der Waals surface area (Å²) in [7, 11) is 3.36. The minimum atomic E-state index is -0.174.